The van der Waals surface area contributed by atoms with E-state index >= 15 is 0 Å². The highest BCUT2D eigenvalue weighted by Crippen LogP contribution is 2.29. The molecule has 0 bridgehead atoms. The first kappa shape index (κ1) is 15.9. The fraction of sp³-hybridized carbons (Fsp3) is 0.353. The summed E-state index contributed by atoms with van der Waals surface area (Å²) in [7, 11) is 0. The predicted octanol–water partition coefficient (Wildman–Crippen LogP) is 2.45. The zero-order chi connectivity index (χ0) is 17.2. The topological polar surface area (TPSA) is 76.8 Å². The van der Waals surface area contributed by atoms with E-state index in [1.54, 1.807) is 11.3 Å². The van der Waals surface area contributed by atoms with E-state index < -0.39 is 0 Å². The highest BCUT2D eigenvalue weighted by Gasteiger charge is 2.28. The summed E-state index contributed by atoms with van der Waals surface area (Å²) in [6, 6.07) is 9.58. The molecule has 0 spiro atoms. The number of hydrogen-bond donors (Lipinski definition) is 0. The third-order valence-corrected chi connectivity index (χ3v) is 5.30. The minimum absolute atomic E-state index is 0.0758. The van der Waals surface area contributed by atoms with E-state index in [9.17, 15) is 4.79 Å². The van der Waals surface area contributed by atoms with E-state index in [0.29, 0.717) is 12.2 Å². The summed E-state index contributed by atoms with van der Waals surface area (Å²) >= 11 is 1.61. The van der Waals surface area contributed by atoms with Crippen LogP contribution in [0.4, 0.5) is 0 Å². The second-order valence-electron chi connectivity index (χ2n) is 6.10. The van der Waals surface area contributed by atoms with Gasteiger partial charge in [0.05, 0.1) is 11.9 Å². The molecular formula is C17H18N6OS. The maximum absolute atomic E-state index is 12.8. The first-order valence-electron chi connectivity index (χ1n) is 8.28. The quantitative estimate of drug-likeness (QED) is 0.722. The Hall–Kier alpha value is -2.61. The molecule has 3 heterocycles. The molecule has 0 aliphatic carbocycles. The van der Waals surface area contributed by atoms with Crippen LogP contribution in [0.25, 0.3) is 5.69 Å². The van der Waals surface area contributed by atoms with Gasteiger partial charge in [-0.25, -0.2) is 0 Å². The number of hydrogen-bond acceptors (Lipinski definition) is 6. The number of likely N-dealkylation sites (tertiary alicyclic amines) is 1. The first-order chi connectivity index (χ1) is 12.2. The van der Waals surface area contributed by atoms with Crippen molar-refractivity contribution in [1.29, 1.82) is 0 Å². The van der Waals surface area contributed by atoms with Gasteiger partial charge in [-0.1, -0.05) is 18.2 Å². The Morgan fingerprint density at radius 1 is 1.24 bits per heavy atom. The number of carbonyl (C=O) groups is 1. The summed E-state index contributed by atoms with van der Waals surface area (Å²) in [6.45, 7) is 3.35. The van der Waals surface area contributed by atoms with E-state index in [4.69, 9.17) is 0 Å². The van der Waals surface area contributed by atoms with Gasteiger partial charge in [0.2, 0.25) is 0 Å². The number of rotatable bonds is 3. The fourth-order valence-corrected chi connectivity index (χ4v) is 3.87. The molecule has 0 radical (unpaired) electrons. The Balaban J connectivity index is 1.50. The Kier molecular flexibility index (Phi) is 4.27. The number of piperidine rings is 1. The summed E-state index contributed by atoms with van der Waals surface area (Å²) in [5.41, 5.74) is 1.21. The van der Waals surface area contributed by atoms with E-state index in [0.717, 1.165) is 35.1 Å². The van der Waals surface area contributed by atoms with Gasteiger partial charge < -0.3 is 4.90 Å². The summed E-state index contributed by atoms with van der Waals surface area (Å²) in [5.74, 6) is 0.182. The monoisotopic (exact) mass is 354 g/mol. The number of carbonyl (C=O) groups excluding carboxylic acids is 1. The minimum Gasteiger partial charge on any atom is -0.336 e. The second kappa shape index (κ2) is 6.72. The summed E-state index contributed by atoms with van der Waals surface area (Å²) in [5, 5.41) is 18.9. The van der Waals surface area contributed by atoms with E-state index in [1.165, 1.54) is 11.0 Å². The number of aryl methyl sites for hydroxylation is 1. The molecule has 128 valence electrons. The molecule has 4 rings (SSSR count). The summed E-state index contributed by atoms with van der Waals surface area (Å²) in [4.78, 5) is 16.1. The lowest BCUT2D eigenvalue weighted by Crippen LogP contribution is -2.39. The molecule has 1 atom stereocenters. The van der Waals surface area contributed by atoms with Crippen LogP contribution >= 0.6 is 11.3 Å². The number of benzene rings is 1. The zero-order valence-corrected chi connectivity index (χ0v) is 14.7. The van der Waals surface area contributed by atoms with Crippen molar-refractivity contribution in [2.24, 2.45) is 0 Å². The molecule has 1 fully saturated rings. The Labute approximate surface area is 149 Å². The fourth-order valence-electron chi connectivity index (χ4n) is 3.05. The standard InChI is InChI=1S/C17H18N6OS/c1-12-19-20-16(25-12)13-6-5-9-22(11-13)17(24)15-10-18-23(21-15)14-7-3-2-4-8-14/h2-4,7-8,10,13H,5-6,9,11H2,1H3/t13-/m1/s1. The molecule has 8 heteroatoms. The maximum Gasteiger partial charge on any atom is 0.276 e. The third-order valence-electron chi connectivity index (χ3n) is 4.30. The van der Waals surface area contributed by atoms with Crippen LogP contribution in [0, 0.1) is 6.92 Å². The molecule has 7 nitrogen and oxygen atoms in total. The summed E-state index contributed by atoms with van der Waals surface area (Å²) in [6.07, 6.45) is 3.53. The largest absolute Gasteiger partial charge is 0.336 e. The van der Waals surface area contributed by atoms with Crippen molar-refractivity contribution in [2.45, 2.75) is 25.7 Å². The molecule has 1 amide bonds. The number of aromatic nitrogens is 5. The van der Waals surface area contributed by atoms with Gasteiger partial charge in [0.1, 0.15) is 10.0 Å². The number of amides is 1. The normalized spacial score (nSPS) is 17.6. The van der Waals surface area contributed by atoms with Crippen molar-refractivity contribution in [2.75, 3.05) is 13.1 Å². The van der Waals surface area contributed by atoms with E-state index in [-0.39, 0.29) is 11.8 Å². The lowest BCUT2D eigenvalue weighted by atomic mass is 9.98. The van der Waals surface area contributed by atoms with Gasteiger partial charge in [-0.3, -0.25) is 4.79 Å². The molecule has 0 N–H and O–H groups in total. The van der Waals surface area contributed by atoms with Crippen LogP contribution in [0.15, 0.2) is 36.5 Å². The molecule has 0 unspecified atom stereocenters. The predicted molar refractivity (Wildman–Crippen MR) is 93.9 cm³/mol. The van der Waals surface area contributed by atoms with Crippen LogP contribution in [-0.4, -0.2) is 49.1 Å². The first-order valence-corrected chi connectivity index (χ1v) is 9.09. The molecule has 3 aromatic rings. The Bertz CT molecular complexity index is 874. The molecule has 1 aliphatic heterocycles. The van der Waals surface area contributed by atoms with Crippen molar-refractivity contribution in [1.82, 2.24) is 30.1 Å². The smallest absolute Gasteiger partial charge is 0.276 e. The van der Waals surface area contributed by atoms with E-state index in [2.05, 4.69) is 20.4 Å². The lowest BCUT2D eigenvalue weighted by Gasteiger charge is -2.31. The van der Waals surface area contributed by atoms with Crippen molar-refractivity contribution in [3.8, 4) is 5.69 Å². The van der Waals surface area contributed by atoms with Crippen molar-refractivity contribution in [3.63, 3.8) is 0 Å². The molecule has 0 saturated carbocycles. The average Bonchev–Trinajstić information content (AvgIpc) is 3.31. The third kappa shape index (κ3) is 3.30. The van der Waals surface area contributed by atoms with Crippen LogP contribution < -0.4 is 0 Å². The van der Waals surface area contributed by atoms with E-state index in [1.807, 2.05) is 42.2 Å². The molecule has 1 aliphatic rings. The second-order valence-corrected chi connectivity index (χ2v) is 7.32. The van der Waals surface area contributed by atoms with Gasteiger partial charge in [0, 0.05) is 19.0 Å². The van der Waals surface area contributed by atoms with Gasteiger partial charge in [0.25, 0.3) is 5.91 Å². The van der Waals surface area contributed by atoms with Crippen LogP contribution in [0.5, 0.6) is 0 Å². The Morgan fingerprint density at radius 3 is 2.84 bits per heavy atom. The van der Waals surface area contributed by atoms with Crippen molar-refractivity contribution < 1.29 is 4.79 Å². The number of nitrogens with zero attached hydrogens (tertiary/aromatic N) is 6. The molecule has 25 heavy (non-hydrogen) atoms. The highest BCUT2D eigenvalue weighted by molar-refractivity contribution is 7.11. The highest BCUT2D eigenvalue weighted by atomic mass is 32.1. The van der Waals surface area contributed by atoms with Crippen LogP contribution in [0.3, 0.4) is 0 Å². The number of para-hydroxylation sites is 1. The van der Waals surface area contributed by atoms with Crippen LogP contribution in [-0.2, 0) is 0 Å². The lowest BCUT2D eigenvalue weighted by molar-refractivity contribution is 0.0700. The van der Waals surface area contributed by atoms with Crippen LogP contribution in [0.2, 0.25) is 0 Å². The van der Waals surface area contributed by atoms with Gasteiger partial charge in [-0.2, -0.15) is 9.90 Å². The summed E-state index contributed by atoms with van der Waals surface area (Å²) < 4.78 is 0. The SMILES string of the molecule is Cc1nnc([C@@H]2CCCN(C(=O)c3cnn(-c4ccccc4)n3)C2)s1. The average molecular weight is 354 g/mol. The Morgan fingerprint density at radius 2 is 2.08 bits per heavy atom. The maximum atomic E-state index is 12.8. The van der Waals surface area contributed by atoms with Gasteiger partial charge in [-0.15, -0.1) is 26.6 Å². The zero-order valence-electron chi connectivity index (χ0n) is 13.9. The van der Waals surface area contributed by atoms with Gasteiger partial charge in [0.15, 0.2) is 5.69 Å². The molecule has 2 aromatic heterocycles. The van der Waals surface area contributed by atoms with Crippen molar-refractivity contribution >= 4 is 17.2 Å². The van der Waals surface area contributed by atoms with Crippen LogP contribution in [0.1, 0.15) is 39.3 Å². The molecule has 1 aromatic carbocycles. The molecule has 1 saturated heterocycles. The van der Waals surface area contributed by atoms with Crippen molar-refractivity contribution in [3.05, 3.63) is 52.2 Å². The molecular weight excluding hydrogens is 336 g/mol. The van der Waals surface area contributed by atoms with Gasteiger partial charge in [-0.05, 0) is 31.9 Å². The minimum atomic E-state index is -0.0758. The van der Waals surface area contributed by atoms with Gasteiger partial charge >= 0.3 is 0 Å².